The third kappa shape index (κ3) is 6.35. The van der Waals surface area contributed by atoms with Gasteiger partial charge in [-0.3, -0.25) is 25.2 Å². The molecule has 0 atom stereocenters. The molecule has 0 aliphatic carbocycles. The molecule has 27 heavy (non-hydrogen) atoms. The maximum absolute atomic E-state index is 12.0. The van der Waals surface area contributed by atoms with Gasteiger partial charge in [0.25, 0.3) is 11.8 Å². The highest BCUT2D eigenvalue weighted by Crippen LogP contribution is 2.16. The van der Waals surface area contributed by atoms with Gasteiger partial charge in [0.1, 0.15) is 11.5 Å². The molecule has 0 unspecified atom stereocenters. The van der Waals surface area contributed by atoms with Gasteiger partial charge in [0.05, 0.1) is 7.11 Å². The van der Waals surface area contributed by atoms with Crippen LogP contribution < -0.4 is 25.6 Å². The van der Waals surface area contributed by atoms with Crippen LogP contribution in [0.15, 0.2) is 48.5 Å². The van der Waals surface area contributed by atoms with Crippen molar-refractivity contribution in [3.63, 3.8) is 0 Å². The Morgan fingerprint density at radius 3 is 2.07 bits per heavy atom. The fourth-order valence-corrected chi connectivity index (χ4v) is 2.01. The summed E-state index contributed by atoms with van der Waals surface area (Å²) < 4.78 is 10.3. The number of amides is 3. The van der Waals surface area contributed by atoms with E-state index in [0.29, 0.717) is 29.2 Å². The molecule has 0 saturated heterocycles. The third-order valence-electron chi connectivity index (χ3n) is 3.50. The van der Waals surface area contributed by atoms with E-state index >= 15 is 0 Å². The second-order valence-corrected chi connectivity index (χ2v) is 5.45. The number of hydrogen-bond donors (Lipinski definition) is 3. The third-order valence-corrected chi connectivity index (χ3v) is 3.50. The first-order valence-electron chi connectivity index (χ1n) is 8.27. The van der Waals surface area contributed by atoms with Crippen LogP contribution in [-0.4, -0.2) is 31.4 Å². The second-order valence-electron chi connectivity index (χ2n) is 5.45. The van der Waals surface area contributed by atoms with Crippen molar-refractivity contribution in [2.45, 2.75) is 13.3 Å². The van der Waals surface area contributed by atoms with Crippen LogP contribution in [0.3, 0.4) is 0 Å². The van der Waals surface area contributed by atoms with Gasteiger partial charge >= 0.3 is 0 Å². The van der Waals surface area contributed by atoms with Crippen LogP contribution in [0, 0.1) is 0 Å². The van der Waals surface area contributed by atoms with Crippen LogP contribution >= 0.6 is 0 Å². The number of rotatable bonds is 7. The molecule has 0 aliphatic heterocycles. The molecule has 0 spiro atoms. The van der Waals surface area contributed by atoms with Gasteiger partial charge in [-0.15, -0.1) is 0 Å². The van der Waals surface area contributed by atoms with Crippen molar-refractivity contribution in [1.82, 2.24) is 10.9 Å². The number of anilines is 1. The Kier molecular flexibility index (Phi) is 7.18. The molecule has 0 radical (unpaired) electrons. The van der Waals surface area contributed by atoms with Gasteiger partial charge in [-0.05, 0) is 48.5 Å². The largest absolute Gasteiger partial charge is 0.497 e. The molecule has 0 fully saturated rings. The highest BCUT2D eigenvalue weighted by atomic mass is 16.5. The Bertz CT molecular complexity index is 788. The zero-order valence-electron chi connectivity index (χ0n) is 15.1. The van der Waals surface area contributed by atoms with Gasteiger partial charge in [0.2, 0.25) is 5.91 Å². The van der Waals surface area contributed by atoms with E-state index in [0.717, 1.165) is 0 Å². The van der Waals surface area contributed by atoms with E-state index in [1.807, 2.05) is 0 Å². The first kappa shape index (κ1) is 19.8. The number of benzene rings is 2. The van der Waals surface area contributed by atoms with Crippen LogP contribution in [0.4, 0.5) is 5.69 Å². The van der Waals surface area contributed by atoms with E-state index in [4.69, 9.17) is 9.47 Å². The molecule has 2 aromatic carbocycles. The summed E-state index contributed by atoms with van der Waals surface area (Å²) in [6.07, 6.45) is 0.368. The summed E-state index contributed by atoms with van der Waals surface area (Å²) in [5.74, 6) is 0.0739. The van der Waals surface area contributed by atoms with E-state index < -0.39 is 11.8 Å². The van der Waals surface area contributed by atoms with Crippen LogP contribution in [0.25, 0.3) is 0 Å². The van der Waals surface area contributed by atoms with Crippen LogP contribution in [0.2, 0.25) is 0 Å². The SMILES string of the molecule is CCC(=O)Nc1ccc(C(=O)NNC(=O)COc2ccc(OC)cc2)cc1. The number of hydrogen-bond acceptors (Lipinski definition) is 5. The predicted molar refractivity (Wildman–Crippen MR) is 99.5 cm³/mol. The van der Waals surface area contributed by atoms with Crippen molar-refractivity contribution in [2.24, 2.45) is 0 Å². The highest BCUT2D eigenvalue weighted by molar-refractivity contribution is 5.96. The Balaban J connectivity index is 1.76. The second kappa shape index (κ2) is 9.81. The number of nitrogens with one attached hydrogen (secondary N) is 3. The molecule has 3 N–H and O–H groups in total. The predicted octanol–water partition coefficient (Wildman–Crippen LogP) is 1.88. The zero-order chi connectivity index (χ0) is 19.6. The van der Waals surface area contributed by atoms with Crippen molar-refractivity contribution in [1.29, 1.82) is 0 Å². The topological polar surface area (TPSA) is 106 Å². The van der Waals surface area contributed by atoms with Gasteiger partial charge in [0.15, 0.2) is 6.61 Å². The lowest BCUT2D eigenvalue weighted by Gasteiger charge is -2.10. The Morgan fingerprint density at radius 1 is 0.852 bits per heavy atom. The molecule has 8 nitrogen and oxygen atoms in total. The summed E-state index contributed by atoms with van der Waals surface area (Å²) in [6.45, 7) is 1.49. The summed E-state index contributed by atoms with van der Waals surface area (Å²) in [5, 5.41) is 2.68. The number of methoxy groups -OCH3 is 1. The normalized spacial score (nSPS) is 9.85. The van der Waals surface area contributed by atoms with E-state index in [1.54, 1.807) is 62.6 Å². The van der Waals surface area contributed by atoms with Gasteiger partial charge < -0.3 is 14.8 Å². The van der Waals surface area contributed by atoms with E-state index in [9.17, 15) is 14.4 Å². The van der Waals surface area contributed by atoms with E-state index in [-0.39, 0.29) is 12.5 Å². The first-order chi connectivity index (χ1) is 13.0. The lowest BCUT2D eigenvalue weighted by atomic mass is 10.2. The standard InChI is InChI=1S/C19H21N3O5/c1-3-17(23)20-14-6-4-13(5-7-14)19(25)22-21-18(24)12-27-16-10-8-15(26-2)9-11-16/h4-11H,3,12H2,1-2H3,(H,20,23)(H,21,24)(H,22,25). The summed E-state index contributed by atoms with van der Waals surface area (Å²) in [6, 6.07) is 13.1. The Labute approximate surface area is 156 Å². The average Bonchev–Trinajstić information content (AvgIpc) is 2.71. The monoisotopic (exact) mass is 371 g/mol. The van der Waals surface area contributed by atoms with Crippen molar-refractivity contribution >= 4 is 23.4 Å². The lowest BCUT2D eigenvalue weighted by Crippen LogP contribution is -2.43. The van der Waals surface area contributed by atoms with Crippen LogP contribution in [0.1, 0.15) is 23.7 Å². The molecule has 2 rings (SSSR count). The minimum absolute atomic E-state index is 0.115. The number of hydrazine groups is 1. The maximum atomic E-state index is 12.0. The molecule has 8 heteroatoms. The van der Waals surface area contributed by atoms with Crippen LogP contribution in [0.5, 0.6) is 11.5 Å². The summed E-state index contributed by atoms with van der Waals surface area (Å²) in [5.41, 5.74) is 5.50. The van der Waals surface area contributed by atoms with Gasteiger partial charge in [-0.1, -0.05) is 6.92 Å². The van der Waals surface area contributed by atoms with Crippen LogP contribution in [-0.2, 0) is 9.59 Å². The van der Waals surface area contributed by atoms with E-state index in [1.165, 1.54) is 0 Å². The zero-order valence-corrected chi connectivity index (χ0v) is 15.1. The fraction of sp³-hybridized carbons (Fsp3) is 0.211. The van der Waals surface area contributed by atoms with E-state index in [2.05, 4.69) is 16.2 Å². The molecule has 0 aliphatic rings. The molecule has 2 aromatic rings. The smallest absolute Gasteiger partial charge is 0.276 e. The molecule has 3 amide bonds. The molecular formula is C19H21N3O5. The Hall–Kier alpha value is -3.55. The minimum Gasteiger partial charge on any atom is -0.497 e. The first-order valence-corrected chi connectivity index (χ1v) is 8.27. The molecule has 142 valence electrons. The highest BCUT2D eigenvalue weighted by Gasteiger charge is 2.08. The number of carbonyl (C=O) groups excluding carboxylic acids is 3. The van der Waals surface area contributed by atoms with Crippen molar-refractivity contribution < 1.29 is 23.9 Å². The van der Waals surface area contributed by atoms with Gasteiger partial charge in [-0.25, -0.2) is 0 Å². The lowest BCUT2D eigenvalue weighted by molar-refractivity contribution is -0.123. The van der Waals surface area contributed by atoms with Crippen molar-refractivity contribution in [3.05, 3.63) is 54.1 Å². The number of ether oxygens (including phenoxy) is 2. The molecule has 0 heterocycles. The van der Waals surface area contributed by atoms with Crippen molar-refractivity contribution in [3.8, 4) is 11.5 Å². The van der Waals surface area contributed by atoms with Crippen molar-refractivity contribution in [2.75, 3.05) is 19.0 Å². The minimum atomic E-state index is -0.508. The summed E-state index contributed by atoms with van der Waals surface area (Å²) >= 11 is 0. The number of carbonyl (C=O) groups is 3. The maximum Gasteiger partial charge on any atom is 0.276 e. The van der Waals surface area contributed by atoms with Gasteiger partial charge in [0, 0.05) is 17.7 Å². The molecule has 0 saturated carbocycles. The summed E-state index contributed by atoms with van der Waals surface area (Å²) in [4.78, 5) is 35.1. The quantitative estimate of drug-likeness (QED) is 0.645. The Morgan fingerprint density at radius 2 is 1.48 bits per heavy atom. The molecule has 0 aromatic heterocycles. The van der Waals surface area contributed by atoms with Gasteiger partial charge in [-0.2, -0.15) is 0 Å². The fourth-order valence-electron chi connectivity index (χ4n) is 2.01. The summed E-state index contributed by atoms with van der Waals surface area (Å²) in [7, 11) is 1.56. The molecule has 0 bridgehead atoms. The average molecular weight is 371 g/mol. The molecular weight excluding hydrogens is 350 g/mol.